The van der Waals surface area contributed by atoms with Gasteiger partial charge in [0.2, 0.25) is 0 Å². The first kappa shape index (κ1) is 23.5. The van der Waals surface area contributed by atoms with E-state index < -0.39 is 0 Å². The maximum Gasteiger partial charge on any atom is 0.253 e. The zero-order chi connectivity index (χ0) is 25.6. The fourth-order valence-corrected chi connectivity index (χ4v) is 7.08. The van der Waals surface area contributed by atoms with Gasteiger partial charge in [-0.15, -0.1) is 5.10 Å². The van der Waals surface area contributed by atoms with Crippen molar-refractivity contribution in [1.29, 1.82) is 0 Å². The summed E-state index contributed by atoms with van der Waals surface area (Å²) in [4.78, 5) is 26.4. The zero-order valence-electron chi connectivity index (χ0n) is 21.4. The Morgan fingerprint density at radius 3 is 2.66 bits per heavy atom. The van der Waals surface area contributed by atoms with Crippen molar-refractivity contribution in [3.8, 4) is 0 Å². The number of hydrogen-bond acceptors (Lipinski definition) is 8. The number of aromatic nitrogens is 6. The summed E-state index contributed by atoms with van der Waals surface area (Å²) in [6.07, 6.45) is 4.52. The lowest BCUT2D eigenvalue weighted by molar-refractivity contribution is 0.197. The van der Waals surface area contributed by atoms with Gasteiger partial charge in [0, 0.05) is 31.7 Å². The van der Waals surface area contributed by atoms with Crippen molar-refractivity contribution in [2.24, 2.45) is 0 Å². The number of anilines is 1. The molecule has 7 rings (SSSR count). The lowest BCUT2D eigenvalue weighted by Crippen LogP contribution is -2.49. The second-order valence-electron chi connectivity index (χ2n) is 10.4. The Labute approximate surface area is 224 Å². The number of nitrogens with one attached hydrogen (secondary N) is 1. The molecule has 0 spiro atoms. The van der Waals surface area contributed by atoms with E-state index in [1.54, 1.807) is 11.3 Å². The molecular weight excluding hydrogens is 496 g/mol. The van der Waals surface area contributed by atoms with Crippen molar-refractivity contribution in [2.45, 2.75) is 44.7 Å². The van der Waals surface area contributed by atoms with Crippen LogP contribution in [0.15, 0.2) is 53.3 Å². The summed E-state index contributed by atoms with van der Waals surface area (Å²) >= 11 is 1.74. The summed E-state index contributed by atoms with van der Waals surface area (Å²) in [7, 11) is 0. The Kier molecular flexibility index (Phi) is 5.93. The molecule has 3 aromatic heterocycles. The van der Waals surface area contributed by atoms with Crippen LogP contribution in [0.25, 0.3) is 21.1 Å². The van der Waals surface area contributed by atoms with Gasteiger partial charge in [0.25, 0.3) is 5.56 Å². The smallest absolute Gasteiger partial charge is 0.253 e. The number of piperazine rings is 1. The molecule has 38 heavy (non-hydrogen) atoms. The summed E-state index contributed by atoms with van der Waals surface area (Å²) in [6, 6.07) is 16.4. The van der Waals surface area contributed by atoms with Crippen LogP contribution in [0.3, 0.4) is 0 Å². The molecule has 4 heterocycles. The minimum Gasteiger partial charge on any atom is -0.345 e. The molecule has 5 aromatic rings. The second kappa shape index (κ2) is 9.59. The van der Waals surface area contributed by atoms with E-state index in [1.165, 1.54) is 17.5 Å². The van der Waals surface area contributed by atoms with Crippen LogP contribution in [0.2, 0.25) is 0 Å². The number of para-hydroxylation sites is 2. The fraction of sp³-hybridized carbons (Fsp3) is 0.393. The Bertz CT molecular complexity index is 1630. The number of hydrogen-bond donors (Lipinski definition) is 1. The third kappa shape index (κ3) is 4.08. The molecule has 1 aliphatic carbocycles. The molecule has 2 fully saturated rings. The van der Waals surface area contributed by atoms with Gasteiger partial charge in [0.05, 0.1) is 21.8 Å². The van der Waals surface area contributed by atoms with Gasteiger partial charge in [-0.25, -0.2) is 9.67 Å². The summed E-state index contributed by atoms with van der Waals surface area (Å²) in [5.74, 6) is 0.767. The summed E-state index contributed by atoms with van der Waals surface area (Å²) in [5, 5.41) is 15.2. The second-order valence-corrected chi connectivity index (χ2v) is 11.4. The molecular formula is C28H30N8OS. The predicted octanol–water partition coefficient (Wildman–Crippen LogP) is 4.46. The van der Waals surface area contributed by atoms with E-state index in [-0.39, 0.29) is 17.6 Å². The van der Waals surface area contributed by atoms with Crippen molar-refractivity contribution in [3.63, 3.8) is 0 Å². The Morgan fingerprint density at radius 2 is 1.84 bits per heavy atom. The summed E-state index contributed by atoms with van der Waals surface area (Å²) in [5.41, 5.74) is 3.61. The molecule has 0 radical (unpaired) electrons. The molecule has 194 valence electrons. The zero-order valence-corrected chi connectivity index (χ0v) is 22.2. The van der Waals surface area contributed by atoms with E-state index in [2.05, 4.69) is 54.6 Å². The van der Waals surface area contributed by atoms with Crippen LogP contribution < -0.4 is 10.5 Å². The highest BCUT2D eigenvalue weighted by Gasteiger charge is 2.35. The molecule has 2 aromatic carbocycles. The minimum absolute atomic E-state index is 0.0774. The molecule has 0 amide bonds. The molecule has 10 heteroatoms. The third-order valence-electron chi connectivity index (χ3n) is 8.08. The van der Waals surface area contributed by atoms with Gasteiger partial charge in [-0.2, -0.15) is 0 Å². The molecule has 9 nitrogen and oxygen atoms in total. The first-order valence-corrected chi connectivity index (χ1v) is 14.2. The molecule has 0 bridgehead atoms. The molecule has 1 saturated heterocycles. The number of aryl methyl sites for hydroxylation is 1. The van der Waals surface area contributed by atoms with Crippen molar-refractivity contribution in [2.75, 3.05) is 31.1 Å². The van der Waals surface area contributed by atoms with Gasteiger partial charge in [0.1, 0.15) is 6.04 Å². The van der Waals surface area contributed by atoms with E-state index in [9.17, 15) is 4.79 Å². The quantitative estimate of drug-likeness (QED) is 0.361. The van der Waals surface area contributed by atoms with Gasteiger partial charge >= 0.3 is 0 Å². The van der Waals surface area contributed by atoms with Crippen LogP contribution in [-0.2, 0) is 0 Å². The molecule has 2 aliphatic rings. The molecule has 0 unspecified atom stereocenters. The number of pyridine rings is 1. The molecule has 1 aliphatic heterocycles. The van der Waals surface area contributed by atoms with Gasteiger partial charge in [-0.1, -0.05) is 54.5 Å². The highest BCUT2D eigenvalue weighted by molar-refractivity contribution is 7.22. The number of nitrogens with zero attached hydrogens (tertiary/aromatic N) is 7. The van der Waals surface area contributed by atoms with E-state index in [4.69, 9.17) is 4.98 Å². The minimum atomic E-state index is -0.322. The number of H-pyrrole nitrogens is 1. The molecule has 1 saturated carbocycles. The summed E-state index contributed by atoms with van der Waals surface area (Å²) < 4.78 is 3.20. The Hall–Kier alpha value is -3.63. The number of aromatic amines is 1. The SMILES string of the molecule is Cc1cccc2cc([C@@H](c3nnnn3C3CCCC3)N3CCN(c4nc5ccccc5s4)CC3)c(=O)[nH]c12. The highest BCUT2D eigenvalue weighted by Crippen LogP contribution is 2.35. The molecule has 1 N–H and O–H groups in total. The summed E-state index contributed by atoms with van der Waals surface area (Å²) in [6.45, 7) is 5.24. The van der Waals surface area contributed by atoms with Gasteiger partial charge in [-0.05, 0) is 59.3 Å². The van der Waals surface area contributed by atoms with Crippen molar-refractivity contribution in [3.05, 3.63) is 75.8 Å². The third-order valence-corrected chi connectivity index (χ3v) is 9.17. The van der Waals surface area contributed by atoms with Crippen LogP contribution in [0.1, 0.15) is 54.7 Å². The number of thiazole rings is 1. The van der Waals surface area contributed by atoms with Gasteiger partial charge < -0.3 is 9.88 Å². The highest BCUT2D eigenvalue weighted by atomic mass is 32.1. The van der Waals surface area contributed by atoms with Crippen molar-refractivity contribution < 1.29 is 0 Å². The average Bonchev–Trinajstić information content (AvgIpc) is 3.71. The van der Waals surface area contributed by atoms with Crippen LogP contribution in [-0.4, -0.2) is 61.3 Å². The lowest BCUT2D eigenvalue weighted by Gasteiger charge is -2.38. The Morgan fingerprint density at radius 1 is 1.03 bits per heavy atom. The largest absolute Gasteiger partial charge is 0.345 e. The van der Waals surface area contributed by atoms with Crippen LogP contribution in [0, 0.1) is 6.92 Å². The first-order chi connectivity index (χ1) is 18.7. The average molecular weight is 527 g/mol. The predicted molar refractivity (Wildman–Crippen MR) is 150 cm³/mol. The van der Waals surface area contributed by atoms with E-state index in [0.29, 0.717) is 5.56 Å². The number of fused-ring (bicyclic) bond motifs is 2. The lowest BCUT2D eigenvalue weighted by atomic mass is 10.0. The number of benzene rings is 2. The Balaban J connectivity index is 1.26. The number of tetrazole rings is 1. The van der Waals surface area contributed by atoms with Crippen LogP contribution >= 0.6 is 11.3 Å². The van der Waals surface area contributed by atoms with Crippen LogP contribution in [0.5, 0.6) is 0 Å². The maximum atomic E-state index is 13.6. The van der Waals surface area contributed by atoms with Crippen LogP contribution in [0.4, 0.5) is 5.13 Å². The van der Waals surface area contributed by atoms with E-state index in [1.807, 2.05) is 35.9 Å². The topological polar surface area (TPSA) is 95.8 Å². The normalized spacial score (nSPS) is 18.1. The van der Waals surface area contributed by atoms with Crippen molar-refractivity contribution >= 4 is 37.6 Å². The first-order valence-electron chi connectivity index (χ1n) is 13.4. The maximum absolute atomic E-state index is 13.6. The monoisotopic (exact) mass is 526 g/mol. The number of rotatable bonds is 5. The van der Waals surface area contributed by atoms with Crippen molar-refractivity contribution in [1.82, 2.24) is 35.1 Å². The molecule has 1 atom stereocenters. The van der Waals surface area contributed by atoms with E-state index in [0.717, 1.165) is 72.0 Å². The van der Waals surface area contributed by atoms with Gasteiger partial charge in [0.15, 0.2) is 11.0 Å². The fourth-order valence-electron chi connectivity index (χ4n) is 6.06. The van der Waals surface area contributed by atoms with Gasteiger partial charge in [-0.3, -0.25) is 9.69 Å². The van der Waals surface area contributed by atoms with E-state index >= 15 is 0 Å². The standard InChI is InChI=1S/C28H30N8OS/c1-18-7-6-8-19-17-21(27(37)30-24(18)19)25(26-31-32-33-36(26)20-9-2-3-10-20)34-13-15-35(16-14-34)28-29-22-11-4-5-12-23(22)38-28/h4-8,11-12,17,20,25H,2-3,9-10,13-16H2,1H3,(H,30,37)/t25-/m0/s1.